The smallest absolute Gasteiger partial charge is 0.142 e. The van der Waals surface area contributed by atoms with Crippen LogP contribution in [-0.2, 0) is 0 Å². The molecule has 0 amide bonds. The lowest BCUT2D eigenvalue weighted by atomic mass is 9.97. The fourth-order valence-corrected chi connectivity index (χ4v) is 2.14. The molecule has 1 aromatic rings. The van der Waals surface area contributed by atoms with Crippen molar-refractivity contribution in [3.8, 4) is 0 Å². The molecule has 1 rings (SSSR count). The lowest BCUT2D eigenvalue weighted by Gasteiger charge is -2.21. The zero-order valence-corrected chi connectivity index (χ0v) is 12.5. The highest BCUT2D eigenvalue weighted by Crippen LogP contribution is 2.27. The highest BCUT2D eigenvalue weighted by atomic mass is 35.5. The second-order valence-electron chi connectivity index (χ2n) is 5.27. The number of benzene rings is 1. The average Bonchev–Trinajstić information content (AvgIpc) is 2.34. The van der Waals surface area contributed by atoms with Crippen LogP contribution in [-0.4, -0.2) is 6.54 Å². The molecule has 1 atom stereocenters. The Morgan fingerprint density at radius 2 is 1.84 bits per heavy atom. The minimum atomic E-state index is -0.564. The molecule has 0 saturated carbocycles. The summed E-state index contributed by atoms with van der Waals surface area (Å²) < 4.78 is 27.5. The van der Waals surface area contributed by atoms with Crippen LogP contribution in [0.1, 0.15) is 51.6 Å². The minimum Gasteiger partial charge on any atom is -0.310 e. The first-order valence-corrected chi connectivity index (χ1v) is 7.21. The Hall–Kier alpha value is -0.670. The third-order valence-corrected chi connectivity index (χ3v) is 3.38. The molecule has 1 nitrogen and oxygen atoms in total. The van der Waals surface area contributed by atoms with Gasteiger partial charge in [0.15, 0.2) is 0 Å². The van der Waals surface area contributed by atoms with Crippen molar-refractivity contribution in [2.24, 2.45) is 5.92 Å². The van der Waals surface area contributed by atoms with Crippen molar-refractivity contribution in [1.29, 1.82) is 0 Å². The van der Waals surface area contributed by atoms with Gasteiger partial charge in [-0.05, 0) is 43.9 Å². The van der Waals surface area contributed by atoms with Crippen molar-refractivity contribution < 1.29 is 8.78 Å². The molecule has 1 unspecified atom stereocenters. The molecule has 0 fully saturated rings. The highest BCUT2D eigenvalue weighted by molar-refractivity contribution is 6.30. The van der Waals surface area contributed by atoms with Gasteiger partial charge in [-0.25, -0.2) is 8.78 Å². The molecular weight excluding hydrogens is 268 g/mol. The van der Waals surface area contributed by atoms with Gasteiger partial charge in [-0.3, -0.25) is 0 Å². The second kappa shape index (κ2) is 7.81. The monoisotopic (exact) mass is 289 g/mol. The number of rotatable bonds is 7. The van der Waals surface area contributed by atoms with Gasteiger partial charge in [-0.2, -0.15) is 0 Å². The molecule has 1 aromatic carbocycles. The zero-order valence-electron chi connectivity index (χ0n) is 11.8. The summed E-state index contributed by atoms with van der Waals surface area (Å²) in [5.74, 6) is -0.471. The topological polar surface area (TPSA) is 12.0 Å². The predicted molar refractivity (Wildman–Crippen MR) is 76.5 cm³/mol. The summed E-state index contributed by atoms with van der Waals surface area (Å²) in [7, 11) is 0. The van der Waals surface area contributed by atoms with Crippen LogP contribution in [0.5, 0.6) is 0 Å². The fourth-order valence-electron chi connectivity index (χ4n) is 1.99. The average molecular weight is 290 g/mol. The molecule has 0 bridgehead atoms. The Labute approximate surface area is 119 Å². The van der Waals surface area contributed by atoms with Gasteiger partial charge in [0, 0.05) is 11.6 Å². The molecule has 0 aliphatic heterocycles. The Morgan fingerprint density at radius 3 is 2.42 bits per heavy atom. The summed E-state index contributed by atoms with van der Waals surface area (Å²) >= 11 is 5.59. The molecule has 1 N–H and O–H groups in total. The van der Waals surface area contributed by atoms with Gasteiger partial charge in [-0.1, -0.05) is 32.4 Å². The van der Waals surface area contributed by atoms with Crippen LogP contribution < -0.4 is 5.32 Å². The first-order valence-electron chi connectivity index (χ1n) is 6.83. The third kappa shape index (κ3) is 5.07. The van der Waals surface area contributed by atoms with Crippen molar-refractivity contribution in [3.05, 3.63) is 34.4 Å². The molecule has 0 aliphatic rings. The summed E-state index contributed by atoms with van der Waals surface area (Å²) in [6, 6.07) is 2.11. The Morgan fingerprint density at radius 1 is 1.16 bits per heavy atom. The van der Waals surface area contributed by atoms with Gasteiger partial charge >= 0.3 is 0 Å². The molecule has 0 spiro atoms. The van der Waals surface area contributed by atoms with Crippen molar-refractivity contribution in [2.45, 2.75) is 46.1 Å². The Bertz CT molecular complexity index is 407. The van der Waals surface area contributed by atoms with Crippen molar-refractivity contribution >= 4 is 11.6 Å². The lowest BCUT2D eigenvalue weighted by molar-refractivity contribution is 0.425. The third-order valence-electron chi connectivity index (χ3n) is 3.09. The lowest BCUT2D eigenvalue weighted by Crippen LogP contribution is -2.23. The zero-order chi connectivity index (χ0) is 14.4. The number of halogens is 3. The van der Waals surface area contributed by atoms with E-state index in [2.05, 4.69) is 19.2 Å². The predicted octanol–water partition coefficient (Wildman–Crippen LogP) is 5.10. The number of hydrogen-bond acceptors (Lipinski definition) is 1. The molecule has 0 aliphatic carbocycles. The fraction of sp³-hybridized carbons (Fsp3) is 0.600. The maximum atomic E-state index is 13.9. The van der Waals surface area contributed by atoms with E-state index in [1.165, 1.54) is 6.07 Å². The molecule has 108 valence electrons. The summed E-state index contributed by atoms with van der Waals surface area (Å²) in [6.45, 7) is 7.07. The first-order chi connectivity index (χ1) is 8.95. The summed E-state index contributed by atoms with van der Waals surface area (Å²) in [6.07, 6.45) is 2.70. The van der Waals surface area contributed by atoms with Gasteiger partial charge in [0.25, 0.3) is 0 Å². The molecule has 0 saturated heterocycles. The summed E-state index contributed by atoms with van der Waals surface area (Å²) in [4.78, 5) is 0. The summed E-state index contributed by atoms with van der Waals surface area (Å²) in [5.41, 5.74) is 0.371. The van der Waals surface area contributed by atoms with Crippen molar-refractivity contribution in [3.63, 3.8) is 0 Å². The van der Waals surface area contributed by atoms with E-state index in [4.69, 9.17) is 11.6 Å². The standard InChI is InChI=1S/C15H22ClF2N/c1-4-7-19-15(6-5-10(2)3)11-8-14(18)12(16)9-13(11)17/h8-10,15,19H,4-7H2,1-3H3. The molecular formula is C15H22ClF2N. The van der Waals surface area contributed by atoms with Crippen LogP contribution in [0.25, 0.3) is 0 Å². The largest absolute Gasteiger partial charge is 0.310 e. The first kappa shape index (κ1) is 16.4. The van der Waals surface area contributed by atoms with Crippen LogP contribution in [0.4, 0.5) is 8.78 Å². The quantitative estimate of drug-likeness (QED) is 0.689. The van der Waals surface area contributed by atoms with Gasteiger partial charge < -0.3 is 5.32 Å². The van der Waals surface area contributed by atoms with Crippen molar-refractivity contribution in [2.75, 3.05) is 6.54 Å². The normalized spacial score (nSPS) is 13.0. The molecule has 4 heteroatoms. The van der Waals surface area contributed by atoms with Crippen molar-refractivity contribution in [1.82, 2.24) is 5.32 Å². The maximum absolute atomic E-state index is 13.9. The van der Waals surface area contributed by atoms with E-state index in [1.807, 2.05) is 6.92 Å². The SMILES string of the molecule is CCCNC(CCC(C)C)c1cc(F)c(Cl)cc1F. The minimum absolute atomic E-state index is 0.158. The van der Waals surface area contributed by atoms with E-state index in [1.54, 1.807) is 0 Å². The number of nitrogens with one attached hydrogen (secondary N) is 1. The van der Waals surface area contributed by atoms with E-state index in [9.17, 15) is 8.78 Å². The number of hydrogen-bond donors (Lipinski definition) is 1. The molecule has 0 heterocycles. The van der Waals surface area contributed by atoms with Crippen LogP contribution >= 0.6 is 11.6 Å². The van der Waals surface area contributed by atoms with Crippen LogP contribution in [0, 0.1) is 17.6 Å². The maximum Gasteiger partial charge on any atom is 0.142 e. The molecule has 0 radical (unpaired) electrons. The van der Waals surface area contributed by atoms with Gasteiger partial charge in [0.1, 0.15) is 11.6 Å². The van der Waals surface area contributed by atoms with Gasteiger partial charge in [0.05, 0.1) is 5.02 Å². The van der Waals surface area contributed by atoms with E-state index in [0.29, 0.717) is 11.5 Å². The Kier molecular flexibility index (Phi) is 6.73. The van der Waals surface area contributed by atoms with Crippen LogP contribution in [0.2, 0.25) is 5.02 Å². The van der Waals surface area contributed by atoms with Crippen LogP contribution in [0.3, 0.4) is 0 Å². The van der Waals surface area contributed by atoms with Gasteiger partial charge in [0.2, 0.25) is 0 Å². The van der Waals surface area contributed by atoms with E-state index < -0.39 is 11.6 Å². The van der Waals surface area contributed by atoms with E-state index in [-0.39, 0.29) is 11.1 Å². The molecule has 19 heavy (non-hydrogen) atoms. The second-order valence-corrected chi connectivity index (χ2v) is 5.67. The van der Waals surface area contributed by atoms with Crippen LogP contribution in [0.15, 0.2) is 12.1 Å². The van der Waals surface area contributed by atoms with Gasteiger partial charge in [-0.15, -0.1) is 0 Å². The van der Waals surface area contributed by atoms with E-state index in [0.717, 1.165) is 31.9 Å². The highest BCUT2D eigenvalue weighted by Gasteiger charge is 2.18. The Balaban J connectivity index is 2.92. The summed E-state index contributed by atoms with van der Waals surface area (Å²) in [5, 5.41) is 3.11. The molecule has 0 aromatic heterocycles. The van der Waals surface area contributed by atoms with E-state index >= 15 is 0 Å².